The van der Waals surface area contributed by atoms with Crippen molar-refractivity contribution in [2.45, 2.75) is 62.3 Å². The lowest BCUT2D eigenvalue weighted by Gasteiger charge is -2.29. The molecule has 0 heterocycles. The third kappa shape index (κ3) is 10.1. The number of hydrogen-bond donors (Lipinski definition) is 0. The summed E-state index contributed by atoms with van der Waals surface area (Å²) < 4.78 is 0. The number of nitrogens with zero attached hydrogens (tertiary/aromatic N) is 2. The predicted molar refractivity (Wildman–Crippen MR) is 238 cm³/mol. The summed E-state index contributed by atoms with van der Waals surface area (Å²) >= 11 is 0. The third-order valence-corrected chi connectivity index (χ3v) is 8.84. The number of fused-ring (bicyclic) bond motifs is 1. The maximum atomic E-state index is 4.00. The van der Waals surface area contributed by atoms with Crippen LogP contribution in [0.2, 0.25) is 0 Å². The maximum absolute atomic E-state index is 4.00. The summed E-state index contributed by atoms with van der Waals surface area (Å²) in [6, 6.07) is 35.3. The summed E-state index contributed by atoms with van der Waals surface area (Å²) in [5.41, 5.74) is 13.1. The molecule has 0 amide bonds. The van der Waals surface area contributed by atoms with Crippen molar-refractivity contribution < 1.29 is 0 Å². The molecule has 0 radical (unpaired) electrons. The molecule has 5 aromatic rings. The molecule has 0 aliphatic rings. The normalized spacial score (nSPS) is 11.7. The Bertz CT molecular complexity index is 2110. The van der Waals surface area contributed by atoms with E-state index in [0.717, 1.165) is 17.1 Å². The number of rotatable bonds is 11. The van der Waals surface area contributed by atoms with Crippen LogP contribution in [0, 0.1) is 33.6 Å². The average molecular weight is 697 g/mol. The van der Waals surface area contributed by atoms with Gasteiger partial charge in [0.15, 0.2) is 0 Å². The van der Waals surface area contributed by atoms with Crippen molar-refractivity contribution in [3.63, 3.8) is 0 Å². The Morgan fingerprint density at radius 1 is 0.566 bits per heavy atom. The molecule has 0 unspecified atom stereocenters. The van der Waals surface area contributed by atoms with Gasteiger partial charge in [-0.05, 0) is 124 Å². The highest BCUT2D eigenvalue weighted by Crippen LogP contribution is 2.40. The summed E-state index contributed by atoms with van der Waals surface area (Å²) in [5.74, 6) is 0. The lowest BCUT2D eigenvalue weighted by molar-refractivity contribution is 1.19. The molecule has 0 atom stereocenters. The van der Waals surface area contributed by atoms with Crippen LogP contribution in [-0.2, 0) is 0 Å². The van der Waals surface area contributed by atoms with Crippen molar-refractivity contribution in [1.29, 1.82) is 0 Å². The van der Waals surface area contributed by atoms with E-state index in [4.69, 9.17) is 0 Å². The molecule has 0 bridgehead atoms. The van der Waals surface area contributed by atoms with E-state index >= 15 is 0 Å². The van der Waals surface area contributed by atoms with Gasteiger partial charge < -0.3 is 9.80 Å². The van der Waals surface area contributed by atoms with E-state index in [0.29, 0.717) is 0 Å². The predicted octanol–water partition coefficient (Wildman–Crippen LogP) is 15.1. The molecule has 0 saturated heterocycles. The first-order valence-electron chi connectivity index (χ1n) is 18.5. The monoisotopic (exact) mass is 696 g/mol. The van der Waals surface area contributed by atoms with E-state index in [1.54, 1.807) is 0 Å². The smallest absolute Gasteiger partial charge is 0.0569 e. The zero-order chi connectivity index (χ0) is 38.8. The lowest BCUT2D eigenvalue weighted by Crippen LogP contribution is -2.16. The maximum Gasteiger partial charge on any atom is 0.0569 e. The molecule has 53 heavy (non-hydrogen) atoms. The van der Waals surface area contributed by atoms with Gasteiger partial charge in [-0.3, -0.25) is 0 Å². The molecule has 0 aliphatic heterocycles. The number of aryl methyl sites for hydroxylation is 2. The topological polar surface area (TPSA) is 6.48 Å². The van der Waals surface area contributed by atoms with E-state index in [2.05, 4.69) is 216 Å². The zero-order valence-corrected chi connectivity index (χ0v) is 33.1. The first-order valence-corrected chi connectivity index (χ1v) is 18.5. The highest BCUT2D eigenvalue weighted by molar-refractivity contribution is 5.99. The van der Waals surface area contributed by atoms with Crippen molar-refractivity contribution in [3.05, 3.63) is 186 Å². The highest BCUT2D eigenvalue weighted by atomic mass is 15.2. The number of allylic oxidation sites excluding steroid dienone is 9. The van der Waals surface area contributed by atoms with Gasteiger partial charge in [-0.15, -0.1) is 12.8 Å². The van der Waals surface area contributed by atoms with Crippen LogP contribution in [-0.4, -0.2) is 0 Å². The standard InChI is InChI=1S/C47H48N2.C2H6.C2H2/c1-8-12-13-14-17-34-48(46-35(5)22-24-38(18-9-2)37(46)7)43-30-26-39(27-31-43)40-28-32-44(33-29-40)49(42(11-4)19-10-3)47-36(6)23-25-41-20-15-16-21-45(41)47;2*1-2/h8-34H,1-7H3;1-2H3;1-2H/b12-8-,14-13-,18-9-,19-10-,34-17+,42-11+;;. The van der Waals surface area contributed by atoms with Gasteiger partial charge in [0.25, 0.3) is 0 Å². The van der Waals surface area contributed by atoms with Crippen LogP contribution >= 0.6 is 0 Å². The summed E-state index contributed by atoms with van der Waals surface area (Å²) in [5, 5.41) is 2.47. The van der Waals surface area contributed by atoms with Gasteiger partial charge in [0.2, 0.25) is 0 Å². The van der Waals surface area contributed by atoms with Gasteiger partial charge >= 0.3 is 0 Å². The minimum absolute atomic E-state index is 1.11. The SMILES string of the molecule is C#C.CC.C\C=C/C=C\C=C\N(c1ccc(-c2ccc(N(C(/C=C\C)=C/C)c3c(C)ccc4ccccc34)cc2)cc1)c1c(C)ccc(/C=C\C)c1C. The molecule has 0 spiro atoms. The van der Waals surface area contributed by atoms with E-state index < -0.39 is 0 Å². The molecule has 5 aromatic carbocycles. The number of terminal acetylenes is 1. The fourth-order valence-corrected chi connectivity index (χ4v) is 6.40. The lowest BCUT2D eigenvalue weighted by atomic mass is 9.99. The van der Waals surface area contributed by atoms with Gasteiger partial charge in [-0.1, -0.05) is 135 Å². The first kappa shape index (κ1) is 41.4. The Balaban J connectivity index is 0.00000183. The molecule has 2 heteroatoms. The molecule has 2 nitrogen and oxygen atoms in total. The Morgan fingerprint density at radius 2 is 1.15 bits per heavy atom. The van der Waals surface area contributed by atoms with Crippen LogP contribution in [0.5, 0.6) is 0 Å². The van der Waals surface area contributed by atoms with Crippen LogP contribution in [0.4, 0.5) is 22.7 Å². The quantitative estimate of drug-likeness (QED) is 0.100. The van der Waals surface area contributed by atoms with Crippen LogP contribution in [0.3, 0.4) is 0 Å². The molecule has 270 valence electrons. The molecule has 0 aromatic heterocycles. The second kappa shape index (κ2) is 21.4. The minimum Gasteiger partial charge on any atom is -0.317 e. The number of anilines is 4. The largest absolute Gasteiger partial charge is 0.317 e. The third-order valence-electron chi connectivity index (χ3n) is 8.84. The van der Waals surface area contributed by atoms with E-state index in [1.165, 1.54) is 55.5 Å². The van der Waals surface area contributed by atoms with Crippen LogP contribution < -0.4 is 9.80 Å². The second-order valence-corrected chi connectivity index (χ2v) is 12.2. The fourth-order valence-electron chi connectivity index (χ4n) is 6.40. The molecular formula is C51H56N2. The summed E-state index contributed by atoms with van der Waals surface area (Å²) in [4.78, 5) is 4.68. The zero-order valence-electron chi connectivity index (χ0n) is 33.1. The summed E-state index contributed by atoms with van der Waals surface area (Å²) in [6.07, 6.45) is 31.2. The van der Waals surface area contributed by atoms with E-state index in [9.17, 15) is 0 Å². The van der Waals surface area contributed by atoms with Crippen LogP contribution in [0.25, 0.3) is 28.0 Å². The van der Waals surface area contributed by atoms with Crippen molar-refractivity contribution >= 4 is 39.6 Å². The summed E-state index contributed by atoms with van der Waals surface area (Å²) in [6.45, 7) is 18.9. The van der Waals surface area contributed by atoms with Crippen molar-refractivity contribution in [1.82, 2.24) is 0 Å². The Hall–Kier alpha value is -6.04. The molecule has 0 fully saturated rings. The average Bonchev–Trinajstić information content (AvgIpc) is 3.20. The van der Waals surface area contributed by atoms with Crippen molar-refractivity contribution in [2.24, 2.45) is 0 Å². The van der Waals surface area contributed by atoms with Gasteiger partial charge in [0.1, 0.15) is 0 Å². The van der Waals surface area contributed by atoms with E-state index in [1.807, 2.05) is 32.9 Å². The minimum atomic E-state index is 1.11. The molecule has 0 saturated carbocycles. The van der Waals surface area contributed by atoms with Crippen molar-refractivity contribution in [3.8, 4) is 24.0 Å². The Morgan fingerprint density at radius 3 is 1.75 bits per heavy atom. The van der Waals surface area contributed by atoms with Crippen LogP contribution in [0.15, 0.2) is 164 Å². The van der Waals surface area contributed by atoms with E-state index in [-0.39, 0.29) is 0 Å². The first-order chi connectivity index (χ1) is 25.9. The Labute approximate surface area is 320 Å². The number of benzene rings is 5. The van der Waals surface area contributed by atoms with Gasteiger partial charge in [0.05, 0.1) is 11.4 Å². The van der Waals surface area contributed by atoms with Crippen molar-refractivity contribution in [2.75, 3.05) is 9.80 Å². The molecule has 0 aliphatic carbocycles. The van der Waals surface area contributed by atoms with Crippen LogP contribution in [0.1, 0.15) is 63.8 Å². The Kier molecular flexibility index (Phi) is 16.7. The highest BCUT2D eigenvalue weighted by Gasteiger charge is 2.19. The van der Waals surface area contributed by atoms with Gasteiger partial charge in [-0.2, -0.15) is 0 Å². The number of hydrogen-bond acceptors (Lipinski definition) is 2. The fraction of sp³-hybridized carbons (Fsp3) is 0.176. The molecule has 5 rings (SSSR count). The molecular weight excluding hydrogens is 641 g/mol. The van der Waals surface area contributed by atoms with Gasteiger partial charge in [-0.25, -0.2) is 0 Å². The summed E-state index contributed by atoms with van der Waals surface area (Å²) in [7, 11) is 0. The van der Waals surface area contributed by atoms with Gasteiger partial charge in [0, 0.05) is 28.7 Å². The second-order valence-electron chi connectivity index (χ2n) is 12.2. The molecule has 0 N–H and O–H groups in total.